The molecule has 0 spiro atoms. The van der Waals surface area contributed by atoms with Crippen molar-refractivity contribution in [3.8, 4) is 0 Å². The molecule has 11 nitrogen and oxygen atoms in total. The maximum atomic E-state index is 14.0. The molecule has 0 radical (unpaired) electrons. The van der Waals surface area contributed by atoms with Crippen LogP contribution in [-0.4, -0.2) is 131 Å². The Labute approximate surface area is 361 Å². The summed E-state index contributed by atoms with van der Waals surface area (Å²) in [7, 11) is -5.41. The molecule has 0 amide bonds. The van der Waals surface area contributed by atoms with Gasteiger partial charge < -0.3 is 25.2 Å². The summed E-state index contributed by atoms with van der Waals surface area (Å²) in [6, 6.07) is -1.99. The molecule has 404 valence electrons. The Morgan fingerprint density at radius 1 is 0.456 bits per heavy atom. The predicted molar refractivity (Wildman–Crippen MR) is 166 cm³/mol. The number of carbonyl (C=O) groups is 3. The summed E-state index contributed by atoms with van der Waals surface area (Å²) in [6.45, 7) is -4.05. The minimum Gasteiger partial charge on any atom is -0.480 e. The van der Waals surface area contributed by atoms with Crippen LogP contribution in [0.15, 0.2) is 0 Å². The Hall–Kier alpha value is -3.34. The second-order valence-corrected chi connectivity index (χ2v) is 15.4. The third-order valence-corrected chi connectivity index (χ3v) is 9.58. The molecule has 0 bridgehead atoms. The fourth-order valence-electron chi connectivity index (χ4n) is 4.58. The van der Waals surface area contributed by atoms with Crippen molar-refractivity contribution < 1.29 is 162 Å². The first-order valence-electron chi connectivity index (χ1n) is 17.8. The number of phosphoric ester groups is 1. The Balaban J connectivity index is 5.69. The second kappa shape index (κ2) is 22.0. The normalized spacial score (nSPS) is 16.5. The van der Waals surface area contributed by atoms with E-state index < -0.39 is 193 Å². The number of halogens is 26. The van der Waals surface area contributed by atoms with Crippen LogP contribution in [0.2, 0.25) is 0 Å². The maximum Gasteiger partial charge on any atom is 0.472 e. The number of phosphoric acid groups is 1. The highest BCUT2D eigenvalue weighted by atomic mass is 31.2. The van der Waals surface area contributed by atoms with Gasteiger partial charge in [-0.2, -0.15) is 114 Å². The SMILES string of the molecule is NC(COP(=O)(O)OCC(COC(=O)CCCCCC(F)(F)C(F)(F)C(F)(F)C(F)(F)C(F)(F)C(F)(F)F)OC(=O)CCCCCC(F)(F)C(F)(F)C(F)(F)C(F)(F)C(F)(F)C(F)(F)F)C(=O)O. The molecule has 3 atom stereocenters. The first kappa shape index (κ1) is 64.7. The van der Waals surface area contributed by atoms with Crippen molar-refractivity contribution in [2.45, 2.75) is 148 Å². The fraction of sp³-hybridized carbons (Fsp3) is 0.900. The van der Waals surface area contributed by atoms with Crippen LogP contribution in [0.3, 0.4) is 0 Å². The van der Waals surface area contributed by atoms with Crippen molar-refractivity contribution in [2.75, 3.05) is 19.8 Å². The molecule has 0 saturated heterocycles. The third kappa shape index (κ3) is 14.2. The molecule has 0 aliphatic rings. The van der Waals surface area contributed by atoms with Gasteiger partial charge >= 0.3 is 97.3 Å². The number of carbonyl (C=O) groups excluding carboxylic acids is 2. The molecular weight excluding hydrogens is 1060 g/mol. The highest BCUT2D eigenvalue weighted by Crippen LogP contribution is 2.62. The molecule has 0 aromatic carbocycles. The van der Waals surface area contributed by atoms with E-state index in [1.165, 1.54) is 0 Å². The van der Waals surface area contributed by atoms with Crippen molar-refractivity contribution in [3.63, 3.8) is 0 Å². The van der Waals surface area contributed by atoms with Gasteiger partial charge in [0.05, 0.1) is 13.2 Å². The highest BCUT2D eigenvalue weighted by molar-refractivity contribution is 7.47. The number of hydrogen-bond acceptors (Lipinski definition) is 9. The predicted octanol–water partition coefficient (Wildman–Crippen LogP) is 10.4. The summed E-state index contributed by atoms with van der Waals surface area (Å²) in [5.41, 5.74) is 5.03. The van der Waals surface area contributed by atoms with E-state index in [1.54, 1.807) is 0 Å². The Bertz CT molecular complexity index is 1740. The number of alkyl halides is 26. The number of ether oxygens (including phenoxy) is 2. The van der Waals surface area contributed by atoms with E-state index in [0.29, 0.717) is 0 Å². The quantitative estimate of drug-likeness (QED) is 0.0271. The molecule has 0 heterocycles. The van der Waals surface area contributed by atoms with Crippen LogP contribution < -0.4 is 5.73 Å². The molecule has 0 aliphatic heterocycles. The van der Waals surface area contributed by atoms with Crippen LogP contribution in [0.25, 0.3) is 0 Å². The number of esters is 2. The topological polar surface area (TPSA) is 172 Å². The monoisotopic (exact) mass is 1090 g/mol. The van der Waals surface area contributed by atoms with Crippen molar-refractivity contribution in [1.82, 2.24) is 0 Å². The number of hydrogen-bond donors (Lipinski definition) is 3. The number of carboxylic acid groups (broad SMARTS) is 1. The van der Waals surface area contributed by atoms with Crippen molar-refractivity contribution in [1.29, 1.82) is 0 Å². The fourth-order valence-corrected chi connectivity index (χ4v) is 5.36. The van der Waals surface area contributed by atoms with Crippen LogP contribution >= 0.6 is 7.82 Å². The minimum atomic E-state index is -8.16. The van der Waals surface area contributed by atoms with Gasteiger partial charge in [-0.15, -0.1) is 0 Å². The van der Waals surface area contributed by atoms with Gasteiger partial charge in [-0.25, -0.2) is 4.57 Å². The van der Waals surface area contributed by atoms with E-state index in [2.05, 4.69) is 18.5 Å². The lowest BCUT2D eigenvalue weighted by Crippen LogP contribution is -2.70. The van der Waals surface area contributed by atoms with E-state index in [9.17, 15) is 138 Å². The van der Waals surface area contributed by atoms with E-state index in [4.69, 9.17) is 10.8 Å². The van der Waals surface area contributed by atoms with Gasteiger partial charge in [0.2, 0.25) is 0 Å². The molecule has 38 heteroatoms. The molecule has 0 aromatic rings. The summed E-state index contributed by atoms with van der Waals surface area (Å²) in [5, 5.41) is 8.69. The van der Waals surface area contributed by atoms with E-state index in [-0.39, 0.29) is 0 Å². The van der Waals surface area contributed by atoms with Crippen molar-refractivity contribution in [2.24, 2.45) is 5.73 Å². The molecule has 4 N–H and O–H groups in total. The van der Waals surface area contributed by atoms with Gasteiger partial charge in [0.1, 0.15) is 12.6 Å². The first-order valence-corrected chi connectivity index (χ1v) is 19.3. The van der Waals surface area contributed by atoms with Gasteiger partial charge in [-0.1, -0.05) is 12.8 Å². The van der Waals surface area contributed by atoms with Gasteiger partial charge in [-0.05, 0) is 25.7 Å². The zero-order valence-electron chi connectivity index (χ0n) is 32.9. The summed E-state index contributed by atoms with van der Waals surface area (Å²) in [4.78, 5) is 44.8. The van der Waals surface area contributed by atoms with E-state index in [1.807, 2.05) is 0 Å². The number of unbranched alkanes of at least 4 members (excludes halogenated alkanes) is 4. The summed E-state index contributed by atoms with van der Waals surface area (Å²) < 4.78 is 375. The molecular formula is C30H32F26NO10P. The van der Waals surface area contributed by atoms with Gasteiger partial charge in [0.15, 0.2) is 6.10 Å². The van der Waals surface area contributed by atoms with Crippen LogP contribution in [-0.2, 0) is 37.5 Å². The molecule has 3 unspecified atom stereocenters. The zero-order chi connectivity index (χ0) is 54.4. The van der Waals surface area contributed by atoms with Crippen LogP contribution in [0.1, 0.15) is 64.2 Å². The number of carboxylic acids is 1. The average Bonchev–Trinajstić information content (AvgIpc) is 3.15. The summed E-state index contributed by atoms with van der Waals surface area (Å²) >= 11 is 0. The van der Waals surface area contributed by atoms with E-state index >= 15 is 0 Å². The molecule has 0 aliphatic carbocycles. The summed E-state index contributed by atoms with van der Waals surface area (Å²) in [5.74, 6) is -81.4. The van der Waals surface area contributed by atoms with Crippen LogP contribution in [0.4, 0.5) is 114 Å². The first-order chi connectivity index (χ1) is 29.9. The zero-order valence-corrected chi connectivity index (χ0v) is 33.8. The number of nitrogens with two attached hydrogens (primary N) is 1. The van der Waals surface area contributed by atoms with E-state index in [0.717, 1.165) is 0 Å². The lowest BCUT2D eigenvalue weighted by Gasteiger charge is -2.39. The lowest BCUT2D eigenvalue weighted by molar-refractivity contribution is -0.440. The molecule has 68 heavy (non-hydrogen) atoms. The molecule has 0 fully saturated rings. The minimum absolute atomic E-state index is 0.825. The highest BCUT2D eigenvalue weighted by Gasteiger charge is 2.92. The van der Waals surface area contributed by atoms with Crippen molar-refractivity contribution in [3.05, 3.63) is 0 Å². The second-order valence-electron chi connectivity index (χ2n) is 13.9. The lowest BCUT2D eigenvalue weighted by atomic mass is 9.91. The van der Waals surface area contributed by atoms with Crippen LogP contribution in [0, 0.1) is 0 Å². The van der Waals surface area contributed by atoms with Gasteiger partial charge in [0.25, 0.3) is 0 Å². The molecule has 0 rings (SSSR count). The average molecular weight is 1090 g/mol. The Morgan fingerprint density at radius 3 is 1.12 bits per heavy atom. The molecule has 0 saturated carbocycles. The van der Waals surface area contributed by atoms with Crippen LogP contribution in [0.5, 0.6) is 0 Å². The number of rotatable bonds is 30. The standard InChI is InChI=1S/C30H32F26NO10P/c31-19(32,21(35,36)23(39,40)25(43,44)27(47,48)29(51,52)53)9-5-1-3-7-16(58)64-11-14(12-65-68(62,63)66-13-15(57)18(60)61)67-17(59)8-4-2-6-10-20(33,34)22(37,38)24(41,42)26(45,46)28(49,50)30(54,55)56/h14-15H,1-13,57H2,(H,60,61)(H,62,63). The Kier molecular flexibility index (Phi) is 20.9. The molecule has 0 aromatic heterocycles. The third-order valence-electron chi connectivity index (χ3n) is 8.63. The largest absolute Gasteiger partial charge is 0.480 e. The Morgan fingerprint density at radius 2 is 0.779 bits per heavy atom. The van der Waals surface area contributed by atoms with Gasteiger partial charge in [0, 0.05) is 25.7 Å². The van der Waals surface area contributed by atoms with Crippen molar-refractivity contribution >= 4 is 25.7 Å². The van der Waals surface area contributed by atoms with Gasteiger partial charge in [-0.3, -0.25) is 23.4 Å². The number of aliphatic carboxylic acids is 1. The maximum absolute atomic E-state index is 14.0. The summed E-state index contributed by atoms with van der Waals surface area (Å²) in [6.07, 6.45) is -31.5. The smallest absolute Gasteiger partial charge is 0.472 e.